The van der Waals surface area contributed by atoms with Crippen molar-refractivity contribution in [1.29, 1.82) is 0 Å². The first-order valence-corrected chi connectivity index (χ1v) is 9.36. The van der Waals surface area contributed by atoms with Crippen molar-refractivity contribution in [1.82, 2.24) is 0 Å². The maximum Gasteiger partial charge on any atom is 0.127 e. The molecule has 1 aliphatic carbocycles. The van der Waals surface area contributed by atoms with Gasteiger partial charge in [0.05, 0.1) is 6.10 Å². The molecule has 0 spiro atoms. The third kappa shape index (κ3) is 3.58. The normalized spacial score (nSPS) is 22.7. The maximum absolute atomic E-state index is 6.37. The summed E-state index contributed by atoms with van der Waals surface area (Å²) in [6, 6.07) is 13.0. The molecule has 1 aliphatic rings. The van der Waals surface area contributed by atoms with Crippen LogP contribution in [-0.4, -0.2) is 6.10 Å². The Bertz CT molecular complexity index is 648. The lowest BCUT2D eigenvalue weighted by Gasteiger charge is -2.37. The first-order valence-electron chi connectivity index (χ1n) is 8.28. The van der Waals surface area contributed by atoms with E-state index in [-0.39, 0.29) is 0 Å². The predicted octanol–water partition coefficient (Wildman–Crippen LogP) is 6.43. The summed E-state index contributed by atoms with van der Waals surface area (Å²) >= 11 is 2.36. The first kappa shape index (κ1) is 16.1. The van der Waals surface area contributed by atoms with Crippen molar-refractivity contribution in [3.8, 4) is 5.75 Å². The molecule has 0 saturated heterocycles. The van der Waals surface area contributed by atoms with E-state index >= 15 is 0 Å². The molecule has 118 valence electrons. The molecule has 0 unspecified atom stereocenters. The molecular weight excluding hydrogens is 383 g/mol. The zero-order valence-electron chi connectivity index (χ0n) is 13.7. The minimum Gasteiger partial charge on any atom is -0.490 e. The van der Waals surface area contributed by atoms with Gasteiger partial charge < -0.3 is 4.74 Å². The van der Waals surface area contributed by atoms with Gasteiger partial charge in [0.15, 0.2) is 0 Å². The second-order valence-electron chi connectivity index (χ2n) is 7.58. The third-order valence-corrected chi connectivity index (χ3v) is 5.67. The van der Waals surface area contributed by atoms with Gasteiger partial charge in [-0.3, -0.25) is 0 Å². The topological polar surface area (TPSA) is 9.23 Å². The number of halogens is 1. The van der Waals surface area contributed by atoms with E-state index in [1.54, 1.807) is 0 Å². The SMILES string of the molecule is CC(C)(C)C1CCC(Oc2cccc3cc(I)ccc23)CC1. The van der Waals surface area contributed by atoms with Crippen LogP contribution in [0.15, 0.2) is 36.4 Å². The highest BCUT2D eigenvalue weighted by Crippen LogP contribution is 2.39. The van der Waals surface area contributed by atoms with Gasteiger partial charge in [0.25, 0.3) is 0 Å². The van der Waals surface area contributed by atoms with E-state index in [9.17, 15) is 0 Å². The van der Waals surface area contributed by atoms with E-state index in [1.165, 1.54) is 40.0 Å². The fourth-order valence-electron chi connectivity index (χ4n) is 3.55. The Kier molecular flexibility index (Phi) is 4.67. The van der Waals surface area contributed by atoms with Crippen LogP contribution < -0.4 is 4.74 Å². The Balaban J connectivity index is 1.72. The largest absolute Gasteiger partial charge is 0.490 e. The van der Waals surface area contributed by atoms with Crippen LogP contribution in [0.25, 0.3) is 10.8 Å². The number of rotatable bonds is 2. The van der Waals surface area contributed by atoms with Gasteiger partial charge in [0.2, 0.25) is 0 Å². The molecule has 0 bridgehead atoms. The van der Waals surface area contributed by atoms with Gasteiger partial charge in [0, 0.05) is 8.96 Å². The lowest BCUT2D eigenvalue weighted by molar-refractivity contribution is 0.0892. The van der Waals surface area contributed by atoms with E-state index in [0.717, 1.165) is 11.7 Å². The van der Waals surface area contributed by atoms with E-state index in [1.807, 2.05) is 0 Å². The highest BCUT2D eigenvalue weighted by atomic mass is 127. The lowest BCUT2D eigenvalue weighted by Crippen LogP contribution is -2.30. The number of ether oxygens (including phenoxy) is 1. The fraction of sp³-hybridized carbons (Fsp3) is 0.500. The molecule has 22 heavy (non-hydrogen) atoms. The molecule has 0 amide bonds. The molecule has 1 fully saturated rings. The van der Waals surface area contributed by atoms with Crippen LogP contribution >= 0.6 is 22.6 Å². The molecule has 0 aliphatic heterocycles. The van der Waals surface area contributed by atoms with E-state index < -0.39 is 0 Å². The standard InChI is InChI=1S/C20H25IO/c1-20(2,3)15-7-10-17(11-8-15)22-19-6-4-5-14-13-16(21)9-12-18(14)19/h4-6,9,12-13,15,17H,7-8,10-11H2,1-3H3. The van der Waals surface area contributed by atoms with Gasteiger partial charge in [-0.1, -0.05) is 32.9 Å². The predicted molar refractivity (Wildman–Crippen MR) is 102 cm³/mol. The third-order valence-electron chi connectivity index (χ3n) is 5.00. The Hall–Kier alpha value is -0.770. The van der Waals surface area contributed by atoms with Crippen LogP contribution in [-0.2, 0) is 0 Å². The summed E-state index contributed by atoms with van der Waals surface area (Å²) in [6.07, 6.45) is 5.32. The van der Waals surface area contributed by atoms with Gasteiger partial charge in [0.1, 0.15) is 5.75 Å². The molecule has 0 radical (unpaired) electrons. The number of benzene rings is 2. The van der Waals surface area contributed by atoms with Crippen LogP contribution in [0, 0.1) is 14.9 Å². The van der Waals surface area contributed by atoms with Crippen molar-refractivity contribution in [3.63, 3.8) is 0 Å². The van der Waals surface area contributed by atoms with Crippen LogP contribution in [0.1, 0.15) is 46.5 Å². The molecule has 2 aromatic rings. The molecule has 0 N–H and O–H groups in total. The molecular formula is C20H25IO. The summed E-state index contributed by atoms with van der Waals surface area (Å²) in [6.45, 7) is 7.10. The van der Waals surface area contributed by atoms with Gasteiger partial charge in [-0.2, -0.15) is 0 Å². The second-order valence-corrected chi connectivity index (χ2v) is 8.82. The molecule has 0 heterocycles. The summed E-state index contributed by atoms with van der Waals surface area (Å²) in [5.74, 6) is 1.88. The zero-order valence-corrected chi connectivity index (χ0v) is 15.9. The maximum atomic E-state index is 6.37. The van der Waals surface area contributed by atoms with Crippen molar-refractivity contribution in [2.45, 2.75) is 52.6 Å². The van der Waals surface area contributed by atoms with Gasteiger partial charge >= 0.3 is 0 Å². The summed E-state index contributed by atoms with van der Waals surface area (Å²) in [5.41, 5.74) is 0.432. The summed E-state index contributed by atoms with van der Waals surface area (Å²) < 4.78 is 7.64. The summed E-state index contributed by atoms with van der Waals surface area (Å²) in [4.78, 5) is 0. The Labute approximate surface area is 147 Å². The molecule has 1 saturated carbocycles. The van der Waals surface area contributed by atoms with E-state index in [4.69, 9.17) is 4.74 Å². The van der Waals surface area contributed by atoms with Crippen LogP contribution in [0.3, 0.4) is 0 Å². The van der Waals surface area contributed by atoms with Crippen molar-refractivity contribution in [3.05, 3.63) is 40.0 Å². The highest BCUT2D eigenvalue weighted by molar-refractivity contribution is 14.1. The molecule has 0 aromatic heterocycles. The zero-order chi connectivity index (χ0) is 15.7. The molecule has 1 nitrogen and oxygen atoms in total. The van der Waals surface area contributed by atoms with E-state index in [0.29, 0.717) is 11.5 Å². The quantitative estimate of drug-likeness (QED) is 0.521. The summed E-state index contributed by atoms with van der Waals surface area (Å²) in [5, 5.41) is 2.51. The minimum absolute atomic E-state index is 0.378. The number of hydrogen-bond donors (Lipinski definition) is 0. The number of hydrogen-bond acceptors (Lipinski definition) is 1. The molecule has 3 rings (SSSR count). The smallest absolute Gasteiger partial charge is 0.127 e. The summed E-state index contributed by atoms with van der Waals surface area (Å²) in [7, 11) is 0. The van der Waals surface area contributed by atoms with Crippen LogP contribution in [0.5, 0.6) is 5.75 Å². The second kappa shape index (κ2) is 6.38. The van der Waals surface area contributed by atoms with Crippen LogP contribution in [0.2, 0.25) is 0 Å². The van der Waals surface area contributed by atoms with Crippen LogP contribution in [0.4, 0.5) is 0 Å². The monoisotopic (exact) mass is 408 g/mol. The van der Waals surface area contributed by atoms with E-state index in [2.05, 4.69) is 79.8 Å². The molecule has 2 aromatic carbocycles. The van der Waals surface area contributed by atoms with Gasteiger partial charge in [-0.15, -0.1) is 0 Å². The van der Waals surface area contributed by atoms with Crippen molar-refractivity contribution in [2.75, 3.05) is 0 Å². The molecule has 0 atom stereocenters. The first-order chi connectivity index (χ1) is 10.4. The Morgan fingerprint density at radius 1 is 1.00 bits per heavy atom. The molecule has 2 heteroatoms. The average Bonchev–Trinajstić information content (AvgIpc) is 2.47. The fourth-order valence-corrected chi connectivity index (χ4v) is 4.07. The average molecular weight is 408 g/mol. The highest BCUT2D eigenvalue weighted by Gasteiger charge is 2.30. The Morgan fingerprint density at radius 2 is 1.73 bits per heavy atom. The van der Waals surface area contributed by atoms with Gasteiger partial charge in [-0.05, 0) is 89.3 Å². The van der Waals surface area contributed by atoms with Crippen molar-refractivity contribution >= 4 is 33.4 Å². The lowest BCUT2D eigenvalue weighted by atomic mass is 9.72. The van der Waals surface area contributed by atoms with Gasteiger partial charge in [-0.25, -0.2) is 0 Å². The van der Waals surface area contributed by atoms with Crippen molar-refractivity contribution in [2.24, 2.45) is 11.3 Å². The van der Waals surface area contributed by atoms with Crippen molar-refractivity contribution < 1.29 is 4.74 Å². The number of fused-ring (bicyclic) bond motifs is 1. The minimum atomic E-state index is 0.378. The Morgan fingerprint density at radius 3 is 2.41 bits per heavy atom.